The van der Waals surface area contributed by atoms with Gasteiger partial charge in [0.1, 0.15) is 6.10 Å². The Morgan fingerprint density at radius 2 is 1.94 bits per heavy atom. The number of nitrogens with zero attached hydrogens (tertiary/aromatic N) is 4. The van der Waals surface area contributed by atoms with Gasteiger partial charge < -0.3 is 14.5 Å². The van der Waals surface area contributed by atoms with Gasteiger partial charge in [0, 0.05) is 37.4 Å². The highest BCUT2D eigenvalue weighted by Gasteiger charge is 2.41. The van der Waals surface area contributed by atoms with Gasteiger partial charge in [-0.1, -0.05) is 6.07 Å². The highest BCUT2D eigenvalue weighted by atomic mass is 19.4. The number of aromatic nitrogens is 2. The lowest BCUT2D eigenvalue weighted by atomic mass is 10.1. The van der Waals surface area contributed by atoms with Crippen LogP contribution in [0.4, 0.5) is 13.2 Å². The van der Waals surface area contributed by atoms with Crippen molar-refractivity contribution in [3.63, 3.8) is 0 Å². The fourth-order valence-corrected chi connectivity index (χ4v) is 4.50. The van der Waals surface area contributed by atoms with E-state index in [4.69, 9.17) is 4.74 Å². The van der Waals surface area contributed by atoms with Crippen LogP contribution in [-0.2, 0) is 11.0 Å². The first-order chi connectivity index (χ1) is 15.8. The molecule has 7 nitrogen and oxygen atoms in total. The molecule has 2 amide bonds. The second-order valence-corrected chi connectivity index (χ2v) is 8.81. The summed E-state index contributed by atoms with van der Waals surface area (Å²) in [6.45, 7) is 0.786. The molecule has 33 heavy (non-hydrogen) atoms. The van der Waals surface area contributed by atoms with E-state index in [1.165, 1.54) is 17.0 Å². The number of fused-ring (bicyclic) bond motifs is 1. The molecule has 1 aliphatic carbocycles. The van der Waals surface area contributed by atoms with E-state index in [0.717, 1.165) is 30.7 Å². The normalized spacial score (nSPS) is 23.3. The van der Waals surface area contributed by atoms with Crippen molar-refractivity contribution < 1.29 is 27.5 Å². The van der Waals surface area contributed by atoms with E-state index in [1.54, 1.807) is 17.3 Å². The summed E-state index contributed by atoms with van der Waals surface area (Å²) in [5, 5.41) is 0. The zero-order valence-electron chi connectivity index (χ0n) is 17.8. The van der Waals surface area contributed by atoms with Crippen molar-refractivity contribution >= 4 is 11.8 Å². The van der Waals surface area contributed by atoms with Crippen molar-refractivity contribution in [2.24, 2.45) is 0 Å². The number of benzene rings is 1. The van der Waals surface area contributed by atoms with Crippen molar-refractivity contribution in [2.75, 3.05) is 19.6 Å². The van der Waals surface area contributed by atoms with Gasteiger partial charge in [0.05, 0.1) is 36.2 Å². The Kier molecular flexibility index (Phi) is 5.46. The predicted molar refractivity (Wildman–Crippen MR) is 111 cm³/mol. The topological polar surface area (TPSA) is 75.6 Å². The smallest absolute Gasteiger partial charge is 0.416 e. The van der Waals surface area contributed by atoms with Crippen LogP contribution in [0.1, 0.15) is 53.2 Å². The van der Waals surface area contributed by atoms with Crippen LogP contribution in [0.15, 0.2) is 36.7 Å². The Morgan fingerprint density at radius 3 is 2.64 bits per heavy atom. The summed E-state index contributed by atoms with van der Waals surface area (Å²) in [5.74, 6) is 0.280. The summed E-state index contributed by atoms with van der Waals surface area (Å²) in [7, 11) is 0. The number of carbonyl (C=O) groups excluding carboxylic acids is 2. The summed E-state index contributed by atoms with van der Waals surface area (Å²) in [5.41, 5.74) is 0.0492. The number of hydrogen-bond donors (Lipinski definition) is 0. The maximum absolute atomic E-state index is 13.1. The van der Waals surface area contributed by atoms with Gasteiger partial charge in [0.25, 0.3) is 5.91 Å². The molecule has 0 N–H and O–H groups in total. The Balaban J connectivity index is 1.26. The fourth-order valence-electron chi connectivity index (χ4n) is 4.50. The molecule has 3 aliphatic rings. The van der Waals surface area contributed by atoms with Crippen LogP contribution in [0.2, 0.25) is 0 Å². The number of rotatable bonds is 4. The summed E-state index contributed by atoms with van der Waals surface area (Å²) in [6.07, 6.45) is 1.39. The van der Waals surface area contributed by atoms with Crippen LogP contribution in [0.3, 0.4) is 0 Å². The fraction of sp³-hybridized carbons (Fsp3) is 0.478. The van der Waals surface area contributed by atoms with Crippen molar-refractivity contribution in [2.45, 2.75) is 49.9 Å². The molecule has 10 heteroatoms. The summed E-state index contributed by atoms with van der Waals surface area (Å²) >= 11 is 0. The number of halogens is 3. The number of alkyl halides is 3. The van der Waals surface area contributed by atoms with Gasteiger partial charge in [-0.2, -0.15) is 13.2 Å². The number of hydrogen-bond acceptors (Lipinski definition) is 5. The predicted octanol–water partition coefficient (Wildman–Crippen LogP) is 3.27. The minimum atomic E-state index is -4.53. The van der Waals surface area contributed by atoms with Gasteiger partial charge in [-0.15, -0.1) is 0 Å². The highest BCUT2D eigenvalue weighted by molar-refractivity contribution is 5.95. The molecular weight excluding hydrogens is 437 g/mol. The largest absolute Gasteiger partial charge is 0.471 e. The average Bonchev–Trinajstić information content (AvgIpc) is 3.59. The molecule has 1 aromatic carbocycles. The molecule has 2 saturated heterocycles. The van der Waals surface area contributed by atoms with E-state index >= 15 is 0 Å². The standard InChI is InChI=1S/C23H23F3N4O3/c24-23(25,26)16-3-1-2-15(8-16)22(32)29-7-6-21(31)30-13-18(9-17(30)12-29)33-20-11-27-19(10-28-20)14-4-5-14/h1-3,8,10-11,14,17-18H,4-7,9,12-13H2/t17-,18-/m0/s1. The summed E-state index contributed by atoms with van der Waals surface area (Å²) in [6, 6.07) is 4.12. The lowest BCUT2D eigenvalue weighted by molar-refractivity contribution is -0.137. The van der Waals surface area contributed by atoms with Gasteiger partial charge in [-0.05, 0) is 31.0 Å². The Labute approximate surface area is 188 Å². The van der Waals surface area contributed by atoms with E-state index in [1.807, 2.05) is 0 Å². The molecule has 1 saturated carbocycles. The van der Waals surface area contributed by atoms with E-state index in [2.05, 4.69) is 9.97 Å². The average molecular weight is 460 g/mol. The second kappa shape index (κ2) is 8.31. The van der Waals surface area contributed by atoms with Crippen LogP contribution in [0, 0.1) is 0 Å². The maximum Gasteiger partial charge on any atom is 0.416 e. The van der Waals surface area contributed by atoms with Crippen LogP contribution >= 0.6 is 0 Å². The molecule has 2 atom stereocenters. The number of amides is 2. The van der Waals surface area contributed by atoms with Gasteiger partial charge in [-0.25, -0.2) is 4.98 Å². The molecule has 1 aromatic heterocycles. The molecule has 0 spiro atoms. The van der Waals surface area contributed by atoms with Crippen molar-refractivity contribution in [3.8, 4) is 5.88 Å². The molecule has 2 aliphatic heterocycles. The van der Waals surface area contributed by atoms with Gasteiger partial charge >= 0.3 is 6.18 Å². The Hall–Kier alpha value is -3.17. The van der Waals surface area contributed by atoms with E-state index in [0.29, 0.717) is 24.8 Å². The summed E-state index contributed by atoms with van der Waals surface area (Å²) < 4.78 is 45.1. The quantitative estimate of drug-likeness (QED) is 0.700. The third-order valence-corrected chi connectivity index (χ3v) is 6.38. The molecule has 174 valence electrons. The second-order valence-electron chi connectivity index (χ2n) is 8.81. The van der Waals surface area contributed by atoms with Crippen LogP contribution < -0.4 is 4.74 Å². The highest BCUT2D eigenvalue weighted by Crippen LogP contribution is 2.38. The molecule has 3 heterocycles. The van der Waals surface area contributed by atoms with Crippen molar-refractivity contribution in [1.82, 2.24) is 19.8 Å². The van der Waals surface area contributed by atoms with Crippen molar-refractivity contribution in [3.05, 3.63) is 53.5 Å². The minimum Gasteiger partial charge on any atom is -0.471 e. The molecule has 0 bridgehead atoms. The SMILES string of the molecule is O=C(c1cccc(C(F)(F)F)c1)N1CCC(=O)N2C[C@@H](Oc3cnc(C4CC4)cn3)C[C@H]2C1. The minimum absolute atomic E-state index is 0.0393. The number of ether oxygens (including phenoxy) is 1. The van der Waals surface area contributed by atoms with Crippen LogP contribution in [-0.4, -0.2) is 63.4 Å². The van der Waals surface area contributed by atoms with E-state index in [9.17, 15) is 22.8 Å². The molecule has 5 rings (SSSR count). The van der Waals surface area contributed by atoms with Crippen molar-refractivity contribution in [1.29, 1.82) is 0 Å². The third kappa shape index (κ3) is 4.65. The summed E-state index contributed by atoms with van der Waals surface area (Å²) in [4.78, 5) is 37.5. The molecule has 2 aromatic rings. The number of carbonyl (C=O) groups is 2. The maximum atomic E-state index is 13.1. The lowest BCUT2D eigenvalue weighted by Crippen LogP contribution is -2.40. The molecular formula is C23H23F3N4O3. The van der Waals surface area contributed by atoms with Gasteiger partial charge in [0.15, 0.2) is 0 Å². The van der Waals surface area contributed by atoms with E-state index in [-0.39, 0.29) is 43.1 Å². The first-order valence-electron chi connectivity index (χ1n) is 11.0. The first-order valence-corrected chi connectivity index (χ1v) is 11.0. The van der Waals surface area contributed by atoms with Gasteiger partial charge in [-0.3, -0.25) is 14.6 Å². The van der Waals surface area contributed by atoms with Crippen LogP contribution in [0.25, 0.3) is 0 Å². The molecule has 0 unspecified atom stereocenters. The third-order valence-electron chi connectivity index (χ3n) is 6.38. The van der Waals surface area contributed by atoms with Crippen LogP contribution in [0.5, 0.6) is 5.88 Å². The molecule has 3 fully saturated rings. The van der Waals surface area contributed by atoms with E-state index < -0.39 is 17.6 Å². The first kappa shape index (κ1) is 21.7. The molecule has 0 radical (unpaired) electrons. The zero-order valence-corrected chi connectivity index (χ0v) is 17.8. The zero-order chi connectivity index (χ0) is 23.2. The lowest BCUT2D eigenvalue weighted by Gasteiger charge is -2.25. The monoisotopic (exact) mass is 460 g/mol. The Morgan fingerprint density at radius 1 is 1.12 bits per heavy atom. The Bertz CT molecular complexity index is 1060. The van der Waals surface area contributed by atoms with Gasteiger partial charge in [0.2, 0.25) is 11.8 Å².